The van der Waals surface area contributed by atoms with Gasteiger partial charge in [0.05, 0.1) is 25.0 Å². The Bertz CT molecular complexity index is 733. The fourth-order valence-corrected chi connectivity index (χ4v) is 2.68. The van der Waals surface area contributed by atoms with Gasteiger partial charge in [-0.3, -0.25) is 4.79 Å². The molecular weight excluding hydrogens is 310 g/mol. The van der Waals surface area contributed by atoms with Gasteiger partial charge < -0.3 is 14.7 Å². The van der Waals surface area contributed by atoms with Gasteiger partial charge in [-0.25, -0.2) is 14.8 Å². The summed E-state index contributed by atoms with van der Waals surface area (Å²) in [5, 5.41) is 8.84. The Kier molecular flexibility index (Phi) is 4.52. The standard InChI is InChI=1S/C17H17N3O4/c1-11-9-20(10-15(24-11)12-5-3-2-4-6-12)16(21)13-7-19-14(8-18-13)17(22)23/h2-8,11,15H,9-10H2,1H3,(H,22,23). The molecule has 0 bridgehead atoms. The highest BCUT2D eigenvalue weighted by atomic mass is 16.5. The van der Waals surface area contributed by atoms with Crippen LogP contribution in [0.2, 0.25) is 0 Å². The third-order valence-corrected chi connectivity index (χ3v) is 3.81. The van der Waals surface area contributed by atoms with Gasteiger partial charge in [0.1, 0.15) is 11.8 Å². The molecule has 24 heavy (non-hydrogen) atoms. The average molecular weight is 327 g/mol. The number of benzene rings is 1. The highest BCUT2D eigenvalue weighted by Crippen LogP contribution is 2.25. The molecule has 1 aromatic carbocycles. The normalized spacial score (nSPS) is 20.6. The van der Waals surface area contributed by atoms with Crippen molar-refractivity contribution in [3.05, 3.63) is 59.7 Å². The molecule has 7 heteroatoms. The lowest BCUT2D eigenvalue weighted by molar-refractivity contribution is -0.0693. The Morgan fingerprint density at radius 1 is 1.12 bits per heavy atom. The van der Waals surface area contributed by atoms with Crippen molar-refractivity contribution in [3.63, 3.8) is 0 Å². The maximum Gasteiger partial charge on any atom is 0.356 e. The lowest BCUT2D eigenvalue weighted by Crippen LogP contribution is -2.46. The van der Waals surface area contributed by atoms with Gasteiger partial charge in [-0.05, 0) is 12.5 Å². The third kappa shape index (κ3) is 3.41. The minimum absolute atomic E-state index is 0.112. The Morgan fingerprint density at radius 3 is 2.42 bits per heavy atom. The first-order valence-electron chi connectivity index (χ1n) is 7.59. The van der Waals surface area contributed by atoms with Gasteiger partial charge in [0, 0.05) is 6.54 Å². The number of ether oxygens (including phenoxy) is 1. The SMILES string of the molecule is CC1CN(C(=O)c2cnc(C(=O)O)cn2)CC(c2ccccc2)O1. The Hall–Kier alpha value is -2.80. The van der Waals surface area contributed by atoms with E-state index in [4.69, 9.17) is 9.84 Å². The topological polar surface area (TPSA) is 92.6 Å². The predicted molar refractivity (Wildman–Crippen MR) is 84.6 cm³/mol. The zero-order valence-corrected chi connectivity index (χ0v) is 13.1. The van der Waals surface area contributed by atoms with Crippen LogP contribution in [0.4, 0.5) is 0 Å². The minimum atomic E-state index is -1.18. The maximum absolute atomic E-state index is 12.6. The number of nitrogens with zero attached hydrogens (tertiary/aromatic N) is 3. The monoisotopic (exact) mass is 327 g/mol. The molecule has 1 saturated heterocycles. The van der Waals surface area contributed by atoms with Crippen molar-refractivity contribution in [1.82, 2.24) is 14.9 Å². The number of morpholine rings is 1. The molecule has 1 aliphatic rings. The number of hydrogen-bond donors (Lipinski definition) is 1. The van der Waals surface area contributed by atoms with Crippen LogP contribution in [0.3, 0.4) is 0 Å². The fourth-order valence-electron chi connectivity index (χ4n) is 2.68. The van der Waals surface area contributed by atoms with Gasteiger partial charge in [-0.2, -0.15) is 0 Å². The quantitative estimate of drug-likeness (QED) is 0.924. The van der Waals surface area contributed by atoms with E-state index < -0.39 is 5.97 Å². The summed E-state index contributed by atoms with van der Waals surface area (Å²) in [7, 11) is 0. The van der Waals surface area contributed by atoms with E-state index in [0.29, 0.717) is 13.1 Å². The zero-order valence-electron chi connectivity index (χ0n) is 13.1. The van der Waals surface area contributed by atoms with Crippen LogP contribution in [0.5, 0.6) is 0 Å². The van der Waals surface area contributed by atoms with Crippen LogP contribution in [0, 0.1) is 0 Å². The number of carbonyl (C=O) groups excluding carboxylic acids is 1. The number of amides is 1. The van der Waals surface area contributed by atoms with Crippen LogP contribution in [-0.4, -0.2) is 51.0 Å². The molecule has 1 aliphatic heterocycles. The van der Waals surface area contributed by atoms with Crippen molar-refractivity contribution in [3.8, 4) is 0 Å². The summed E-state index contributed by atoms with van der Waals surface area (Å²) in [6.07, 6.45) is 1.97. The van der Waals surface area contributed by atoms with Crippen LogP contribution in [0.25, 0.3) is 0 Å². The van der Waals surface area contributed by atoms with Gasteiger partial charge in [0.15, 0.2) is 5.69 Å². The van der Waals surface area contributed by atoms with Crippen LogP contribution < -0.4 is 0 Å². The molecule has 2 aromatic rings. The Balaban J connectivity index is 1.77. The molecule has 0 radical (unpaired) electrons. The highest BCUT2D eigenvalue weighted by molar-refractivity contribution is 5.92. The molecule has 1 amide bonds. The lowest BCUT2D eigenvalue weighted by atomic mass is 10.1. The van der Waals surface area contributed by atoms with E-state index in [1.807, 2.05) is 37.3 Å². The summed E-state index contributed by atoms with van der Waals surface area (Å²) < 4.78 is 5.93. The van der Waals surface area contributed by atoms with Gasteiger partial charge in [0.2, 0.25) is 0 Å². The molecule has 7 nitrogen and oxygen atoms in total. The van der Waals surface area contributed by atoms with Crippen molar-refractivity contribution in [2.75, 3.05) is 13.1 Å². The van der Waals surface area contributed by atoms with Gasteiger partial charge in [0.25, 0.3) is 5.91 Å². The molecule has 0 aliphatic carbocycles. The van der Waals surface area contributed by atoms with Crippen molar-refractivity contribution in [2.45, 2.75) is 19.1 Å². The van der Waals surface area contributed by atoms with Crippen LogP contribution in [-0.2, 0) is 4.74 Å². The second-order valence-electron chi connectivity index (χ2n) is 5.65. The largest absolute Gasteiger partial charge is 0.476 e. The second kappa shape index (κ2) is 6.76. The summed E-state index contributed by atoms with van der Waals surface area (Å²) in [4.78, 5) is 32.8. The van der Waals surface area contributed by atoms with E-state index in [0.717, 1.165) is 11.8 Å². The molecule has 124 valence electrons. The van der Waals surface area contributed by atoms with Gasteiger partial charge >= 0.3 is 5.97 Å². The molecule has 2 atom stereocenters. The molecule has 1 fully saturated rings. The molecule has 0 saturated carbocycles. The van der Waals surface area contributed by atoms with E-state index in [9.17, 15) is 9.59 Å². The Morgan fingerprint density at radius 2 is 1.79 bits per heavy atom. The van der Waals surface area contributed by atoms with Crippen molar-refractivity contribution < 1.29 is 19.4 Å². The summed E-state index contributed by atoms with van der Waals surface area (Å²) in [5.74, 6) is -1.46. The van der Waals surface area contributed by atoms with Crippen molar-refractivity contribution in [1.29, 1.82) is 0 Å². The maximum atomic E-state index is 12.6. The number of carboxylic acids is 1. The Labute approximate surface area is 138 Å². The first-order chi connectivity index (χ1) is 11.5. The first-order valence-corrected chi connectivity index (χ1v) is 7.59. The fraction of sp³-hybridized carbons (Fsp3) is 0.294. The number of hydrogen-bond acceptors (Lipinski definition) is 5. The van der Waals surface area contributed by atoms with Crippen molar-refractivity contribution >= 4 is 11.9 Å². The molecule has 3 rings (SSSR count). The van der Waals surface area contributed by atoms with E-state index in [1.165, 1.54) is 6.20 Å². The van der Waals surface area contributed by atoms with Gasteiger partial charge in [-0.1, -0.05) is 30.3 Å². The summed E-state index contributed by atoms with van der Waals surface area (Å²) in [5.41, 5.74) is 0.944. The van der Waals surface area contributed by atoms with Crippen LogP contribution in [0.1, 0.15) is 39.6 Å². The van der Waals surface area contributed by atoms with Crippen molar-refractivity contribution in [2.24, 2.45) is 0 Å². The number of rotatable bonds is 3. The average Bonchev–Trinajstić information content (AvgIpc) is 2.61. The number of carboxylic acid groups (broad SMARTS) is 1. The third-order valence-electron chi connectivity index (χ3n) is 3.81. The zero-order chi connectivity index (χ0) is 17.1. The highest BCUT2D eigenvalue weighted by Gasteiger charge is 2.30. The number of aromatic nitrogens is 2. The molecular formula is C17H17N3O4. The van der Waals surface area contributed by atoms with E-state index in [2.05, 4.69) is 9.97 Å². The molecule has 2 heterocycles. The van der Waals surface area contributed by atoms with E-state index in [-0.39, 0.29) is 29.5 Å². The van der Waals surface area contributed by atoms with Crippen LogP contribution >= 0.6 is 0 Å². The molecule has 2 unspecified atom stereocenters. The minimum Gasteiger partial charge on any atom is -0.476 e. The first kappa shape index (κ1) is 16.1. The lowest BCUT2D eigenvalue weighted by Gasteiger charge is -2.36. The second-order valence-corrected chi connectivity index (χ2v) is 5.65. The molecule has 0 spiro atoms. The molecule has 1 N–H and O–H groups in total. The van der Waals surface area contributed by atoms with Crippen LogP contribution in [0.15, 0.2) is 42.7 Å². The summed E-state index contributed by atoms with van der Waals surface area (Å²) >= 11 is 0. The smallest absolute Gasteiger partial charge is 0.356 e. The van der Waals surface area contributed by atoms with E-state index >= 15 is 0 Å². The predicted octanol–water partition coefficient (Wildman–Crippen LogP) is 1.78. The summed E-state index contributed by atoms with van der Waals surface area (Å²) in [6.45, 7) is 2.77. The van der Waals surface area contributed by atoms with Gasteiger partial charge in [-0.15, -0.1) is 0 Å². The summed E-state index contributed by atoms with van der Waals surface area (Å²) in [6, 6.07) is 9.72. The number of aromatic carboxylic acids is 1. The number of carbonyl (C=O) groups is 2. The van der Waals surface area contributed by atoms with E-state index in [1.54, 1.807) is 4.90 Å². The molecule has 1 aromatic heterocycles.